The van der Waals surface area contributed by atoms with Crippen molar-refractivity contribution in [3.05, 3.63) is 52.1 Å². The molecule has 0 bridgehead atoms. The molecule has 1 unspecified atom stereocenters. The highest BCUT2D eigenvalue weighted by Gasteiger charge is 2.39. The van der Waals surface area contributed by atoms with Gasteiger partial charge in [0.05, 0.1) is 11.3 Å². The van der Waals surface area contributed by atoms with E-state index in [9.17, 15) is 32.9 Å². The zero-order chi connectivity index (χ0) is 21.3. The highest BCUT2D eigenvalue weighted by atomic mass is 19.4. The van der Waals surface area contributed by atoms with Crippen LogP contribution in [-0.4, -0.2) is 34.4 Å². The van der Waals surface area contributed by atoms with Gasteiger partial charge in [-0.1, -0.05) is 12.1 Å². The average molecular weight is 410 g/mol. The van der Waals surface area contributed by atoms with E-state index in [1.54, 1.807) is 0 Å². The van der Waals surface area contributed by atoms with Crippen LogP contribution in [0, 0.1) is 10.1 Å². The number of anilines is 2. The number of nitrogens with zero attached hydrogens (tertiary/aromatic N) is 3. The number of halogens is 3. The standard InChI is InChI=1S/C17H13F3N4O5/c1-9(16(26)21-11-5-3-2-4-10(11)17(18,19)20)23-14(25)8-29-12-6-7-13(24(27)28)22-15(12)23/h2-7,9H,8H2,1H3,(H,21,26). The molecule has 0 spiro atoms. The van der Waals surface area contributed by atoms with E-state index in [1.807, 2.05) is 0 Å². The number of nitro groups is 1. The fourth-order valence-electron chi connectivity index (χ4n) is 2.73. The van der Waals surface area contributed by atoms with Crippen molar-refractivity contribution in [1.82, 2.24) is 4.98 Å². The molecule has 0 fully saturated rings. The summed E-state index contributed by atoms with van der Waals surface area (Å²) in [6, 6.07) is 5.34. The predicted octanol–water partition coefficient (Wildman–Crippen LogP) is 2.76. The van der Waals surface area contributed by atoms with Crippen LogP contribution in [0.5, 0.6) is 5.75 Å². The molecular weight excluding hydrogens is 397 g/mol. The molecule has 29 heavy (non-hydrogen) atoms. The number of amides is 2. The van der Waals surface area contributed by atoms with Crippen molar-refractivity contribution in [3.8, 4) is 5.75 Å². The lowest BCUT2D eigenvalue weighted by Gasteiger charge is -2.29. The van der Waals surface area contributed by atoms with E-state index in [2.05, 4.69) is 10.3 Å². The van der Waals surface area contributed by atoms with Crippen molar-refractivity contribution in [1.29, 1.82) is 0 Å². The zero-order valence-corrected chi connectivity index (χ0v) is 14.8. The Morgan fingerprint density at radius 2 is 2.00 bits per heavy atom. The van der Waals surface area contributed by atoms with Crippen molar-refractivity contribution in [2.45, 2.75) is 19.1 Å². The Kier molecular flexibility index (Phi) is 5.10. The molecule has 0 saturated heterocycles. The molecule has 9 nitrogen and oxygen atoms in total. The van der Waals surface area contributed by atoms with E-state index in [0.717, 1.165) is 23.1 Å². The summed E-state index contributed by atoms with van der Waals surface area (Å²) in [6.07, 6.45) is -4.70. The number of alkyl halides is 3. The van der Waals surface area contributed by atoms with Gasteiger partial charge in [-0.15, -0.1) is 0 Å². The summed E-state index contributed by atoms with van der Waals surface area (Å²) in [6.45, 7) is 0.808. The number of para-hydroxylation sites is 1. The number of carbonyl (C=O) groups excluding carboxylic acids is 2. The third kappa shape index (κ3) is 3.95. The zero-order valence-electron chi connectivity index (χ0n) is 14.8. The molecule has 0 aliphatic carbocycles. The van der Waals surface area contributed by atoms with E-state index >= 15 is 0 Å². The lowest BCUT2D eigenvalue weighted by molar-refractivity contribution is -0.389. The number of carbonyl (C=O) groups is 2. The number of benzene rings is 1. The van der Waals surface area contributed by atoms with E-state index in [-0.39, 0.29) is 11.6 Å². The first-order chi connectivity index (χ1) is 13.6. The first-order valence-corrected chi connectivity index (χ1v) is 8.17. The molecule has 12 heteroatoms. The van der Waals surface area contributed by atoms with Crippen molar-refractivity contribution in [2.24, 2.45) is 0 Å². The summed E-state index contributed by atoms with van der Waals surface area (Å²) in [5.41, 5.74) is -1.53. The number of hydrogen-bond donors (Lipinski definition) is 1. The Hall–Kier alpha value is -3.70. The fourth-order valence-corrected chi connectivity index (χ4v) is 2.73. The third-order valence-electron chi connectivity index (χ3n) is 4.12. The number of pyridine rings is 1. The van der Waals surface area contributed by atoms with Gasteiger partial charge in [0.15, 0.2) is 12.4 Å². The molecule has 152 valence electrons. The minimum absolute atomic E-state index is 0.0329. The largest absolute Gasteiger partial charge is 0.477 e. The number of hydrogen-bond acceptors (Lipinski definition) is 6. The van der Waals surface area contributed by atoms with Crippen LogP contribution in [0.4, 0.5) is 30.5 Å². The molecule has 0 saturated carbocycles. The Bertz CT molecular complexity index is 995. The first-order valence-electron chi connectivity index (χ1n) is 8.17. The third-order valence-corrected chi connectivity index (χ3v) is 4.12. The van der Waals surface area contributed by atoms with Gasteiger partial charge in [0.2, 0.25) is 5.91 Å². The average Bonchev–Trinajstić information content (AvgIpc) is 2.66. The lowest BCUT2D eigenvalue weighted by atomic mass is 10.1. The summed E-state index contributed by atoms with van der Waals surface area (Å²) < 4.78 is 44.5. The summed E-state index contributed by atoms with van der Waals surface area (Å²) in [5.74, 6) is -2.47. The minimum atomic E-state index is -4.70. The quantitative estimate of drug-likeness (QED) is 0.612. The number of aromatic nitrogens is 1. The van der Waals surface area contributed by atoms with E-state index in [1.165, 1.54) is 25.1 Å². The molecule has 1 aliphatic rings. The molecule has 2 aromatic rings. The number of fused-ring (bicyclic) bond motifs is 1. The maximum absolute atomic E-state index is 13.1. The lowest BCUT2D eigenvalue weighted by Crippen LogP contribution is -2.50. The number of nitrogens with one attached hydrogen (secondary N) is 1. The summed E-state index contributed by atoms with van der Waals surface area (Å²) in [5, 5.41) is 13.1. The highest BCUT2D eigenvalue weighted by molar-refractivity contribution is 6.06. The van der Waals surface area contributed by atoms with Gasteiger partial charge in [-0.25, -0.2) is 0 Å². The number of rotatable bonds is 4. The minimum Gasteiger partial charge on any atom is -0.477 e. The molecule has 1 N–H and O–H groups in total. The summed E-state index contributed by atoms with van der Waals surface area (Å²) in [7, 11) is 0. The molecule has 1 atom stereocenters. The van der Waals surface area contributed by atoms with Crippen LogP contribution in [-0.2, 0) is 15.8 Å². The maximum Gasteiger partial charge on any atom is 0.418 e. The molecule has 1 aromatic carbocycles. The van der Waals surface area contributed by atoms with Gasteiger partial charge in [-0.3, -0.25) is 14.5 Å². The number of ether oxygens (including phenoxy) is 1. The summed E-state index contributed by atoms with van der Waals surface area (Å²) >= 11 is 0. The molecule has 1 aliphatic heterocycles. The van der Waals surface area contributed by atoms with Crippen LogP contribution in [0.3, 0.4) is 0 Å². The Balaban J connectivity index is 1.92. The monoisotopic (exact) mass is 410 g/mol. The smallest absolute Gasteiger partial charge is 0.418 e. The summed E-state index contributed by atoms with van der Waals surface area (Å²) in [4.78, 5) is 39.6. The molecule has 2 heterocycles. The second kappa shape index (κ2) is 7.37. The Labute approximate surface area is 161 Å². The van der Waals surface area contributed by atoms with Crippen LogP contribution in [0.15, 0.2) is 36.4 Å². The second-order valence-electron chi connectivity index (χ2n) is 6.01. The van der Waals surface area contributed by atoms with Gasteiger partial charge in [0.25, 0.3) is 11.7 Å². The van der Waals surface area contributed by atoms with Gasteiger partial charge in [-0.2, -0.15) is 13.2 Å². The topological polar surface area (TPSA) is 115 Å². The van der Waals surface area contributed by atoms with Gasteiger partial charge >= 0.3 is 12.0 Å². The van der Waals surface area contributed by atoms with Crippen LogP contribution in [0.1, 0.15) is 12.5 Å². The Morgan fingerprint density at radius 3 is 2.66 bits per heavy atom. The molecule has 1 aromatic heterocycles. The van der Waals surface area contributed by atoms with Crippen LogP contribution >= 0.6 is 0 Å². The van der Waals surface area contributed by atoms with Crippen molar-refractivity contribution >= 4 is 29.1 Å². The van der Waals surface area contributed by atoms with Crippen LogP contribution in [0.2, 0.25) is 0 Å². The molecular formula is C17H13F3N4O5. The maximum atomic E-state index is 13.1. The molecule has 0 radical (unpaired) electrons. The highest BCUT2D eigenvalue weighted by Crippen LogP contribution is 2.36. The van der Waals surface area contributed by atoms with Gasteiger partial charge in [0.1, 0.15) is 6.04 Å². The van der Waals surface area contributed by atoms with E-state index in [0.29, 0.717) is 0 Å². The van der Waals surface area contributed by atoms with Crippen LogP contribution < -0.4 is 15.0 Å². The molecule has 2 amide bonds. The predicted molar refractivity (Wildman–Crippen MR) is 93.4 cm³/mol. The Morgan fingerprint density at radius 1 is 1.31 bits per heavy atom. The van der Waals surface area contributed by atoms with Gasteiger partial charge in [0, 0.05) is 6.07 Å². The van der Waals surface area contributed by atoms with Crippen LogP contribution in [0.25, 0.3) is 0 Å². The fraction of sp³-hybridized carbons (Fsp3) is 0.235. The van der Waals surface area contributed by atoms with Crippen molar-refractivity contribution in [3.63, 3.8) is 0 Å². The van der Waals surface area contributed by atoms with Crippen molar-refractivity contribution in [2.75, 3.05) is 16.8 Å². The second-order valence-corrected chi connectivity index (χ2v) is 6.01. The normalized spacial score (nSPS) is 14.6. The van der Waals surface area contributed by atoms with Gasteiger partial charge in [-0.05, 0) is 35.0 Å². The van der Waals surface area contributed by atoms with E-state index < -0.39 is 52.6 Å². The van der Waals surface area contributed by atoms with E-state index in [4.69, 9.17) is 4.74 Å². The molecule has 3 rings (SSSR count). The van der Waals surface area contributed by atoms with Gasteiger partial charge < -0.3 is 20.2 Å². The first kappa shape index (κ1) is 20.0. The SMILES string of the molecule is CC(C(=O)Nc1ccccc1C(F)(F)F)N1C(=O)COc2ccc([N+](=O)[O-])nc21. The van der Waals surface area contributed by atoms with Crippen molar-refractivity contribution < 1.29 is 32.4 Å².